The van der Waals surface area contributed by atoms with Crippen molar-refractivity contribution in [1.82, 2.24) is 0 Å². The van der Waals surface area contributed by atoms with E-state index in [0.29, 0.717) is 5.41 Å². The van der Waals surface area contributed by atoms with Gasteiger partial charge in [0.05, 0.1) is 6.61 Å². The van der Waals surface area contributed by atoms with Crippen LogP contribution < -0.4 is 0 Å². The highest BCUT2D eigenvalue weighted by Gasteiger charge is 2.37. The Morgan fingerprint density at radius 2 is 1.88 bits per heavy atom. The van der Waals surface area contributed by atoms with Crippen molar-refractivity contribution in [2.45, 2.75) is 81.1 Å². The maximum Gasteiger partial charge on any atom is 0.0537 e. The summed E-state index contributed by atoms with van der Waals surface area (Å²) in [4.78, 5) is 0. The predicted octanol–water partition coefficient (Wildman–Crippen LogP) is 6.76. The molecule has 0 radical (unpaired) electrons. The minimum absolute atomic E-state index is 0.145. The molecule has 0 saturated carbocycles. The summed E-state index contributed by atoms with van der Waals surface area (Å²) in [6.45, 7) is 18.5. The van der Waals surface area contributed by atoms with E-state index in [1.54, 1.807) is 11.1 Å². The van der Waals surface area contributed by atoms with Crippen LogP contribution in [-0.4, -0.2) is 11.7 Å². The summed E-state index contributed by atoms with van der Waals surface area (Å²) in [5, 5.41) is 9.76. The van der Waals surface area contributed by atoms with E-state index in [-0.39, 0.29) is 17.9 Å². The summed E-state index contributed by atoms with van der Waals surface area (Å²) in [5.74, 6) is 0.227. The number of rotatable bonds is 4. The third kappa shape index (κ3) is 4.19. The fourth-order valence-corrected chi connectivity index (χ4v) is 4.86. The fourth-order valence-electron chi connectivity index (χ4n) is 4.86. The van der Waals surface area contributed by atoms with E-state index in [1.807, 2.05) is 0 Å². The zero-order chi connectivity index (χ0) is 19.0. The highest BCUT2D eigenvalue weighted by Crippen LogP contribution is 2.49. The molecule has 0 aromatic heterocycles. The van der Waals surface area contributed by atoms with E-state index < -0.39 is 0 Å². The summed E-state index contributed by atoms with van der Waals surface area (Å²) < 4.78 is 0. The van der Waals surface area contributed by atoms with E-state index in [0.717, 1.165) is 6.42 Å². The molecule has 0 amide bonds. The van der Waals surface area contributed by atoms with Gasteiger partial charge in [0.25, 0.3) is 0 Å². The van der Waals surface area contributed by atoms with Gasteiger partial charge >= 0.3 is 0 Å². The van der Waals surface area contributed by atoms with Gasteiger partial charge in [-0.15, -0.1) is 0 Å². The highest BCUT2D eigenvalue weighted by molar-refractivity contribution is 5.56. The lowest BCUT2D eigenvalue weighted by molar-refractivity contribution is 0.249. The van der Waals surface area contributed by atoms with Crippen LogP contribution in [0.25, 0.3) is 0 Å². The first-order valence-electron chi connectivity index (χ1n) is 9.89. The highest BCUT2D eigenvalue weighted by atomic mass is 16.3. The predicted molar refractivity (Wildman–Crippen MR) is 110 cm³/mol. The zero-order valence-electron chi connectivity index (χ0n) is 17.7. The van der Waals surface area contributed by atoms with E-state index in [4.69, 9.17) is 0 Å². The molecule has 2 aliphatic rings. The van der Waals surface area contributed by atoms with Crippen molar-refractivity contribution in [2.75, 3.05) is 6.61 Å². The van der Waals surface area contributed by atoms with Crippen LogP contribution in [0.4, 0.5) is 0 Å². The molecular weight excluding hydrogens is 304 g/mol. The molecular formula is C24H38O. The van der Waals surface area contributed by atoms with Gasteiger partial charge in [-0.05, 0) is 68.4 Å². The first-order chi connectivity index (χ1) is 11.5. The molecule has 1 unspecified atom stereocenters. The monoisotopic (exact) mass is 342 g/mol. The Morgan fingerprint density at radius 3 is 2.40 bits per heavy atom. The molecule has 2 aliphatic carbocycles. The molecule has 1 heteroatoms. The Balaban J connectivity index is 2.25. The Bertz CT molecular complexity index is 644. The average molecular weight is 343 g/mol. The van der Waals surface area contributed by atoms with Gasteiger partial charge in [-0.3, -0.25) is 0 Å². The lowest BCUT2D eigenvalue weighted by Crippen LogP contribution is -2.31. The largest absolute Gasteiger partial charge is 0.395 e. The van der Waals surface area contributed by atoms with E-state index in [2.05, 4.69) is 67.5 Å². The molecule has 0 aromatic carbocycles. The smallest absolute Gasteiger partial charge is 0.0537 e. The third-order valence-electron chi connectivity index (χ3n) is 6.21. The number of aliphatic hydroxyl groups is 1. The van der Waals surface area contributed by atoms with Gasteiger partial charge in [-0.25, -0.2) is 0 Å². The van der Waals surface area contributed by atoms with Crippen LogP contribution in [0.1, 0.15) is 81.1 Å². The topological polar surface area (TPSA) is 20.2 Å². The summed E-state index contributed by atoms with van der Waals surface area (Å²) in [6.07, 6.45) is 9.66. The third-order valence-corrected chi connectivity index (χ3v) is 6.21. The molecule has 1 atom stereocenters. The summed E-state index contributed by atoms with van der Waals surface area (Å²) in [7, 11) is 0. The number of allylic oxidation sites excluding steroid dienone is 6. The molecule has 25 heavy (non-hydrogen) atoms. The normalized spacial score (nSPS) is 26.4. The second-order valence-corrected chi connectivity index (χ2v) is 9.79. The fraction of sp³-hybridized carbons (Fsp3) is 0.667. The van der Waals surface area contributed by atoms with Gasteiger partial charge in [0.15, 0.2) is 0 Å². The van der Waals surface area contributed by atoms with Gasteiger partial charge in [0, 0.05) is 5.92 Å². The van der Waals surface area contributed by atoms with Crippen LogP contribution in [0, 0.1) is 16.7 Å². The molecule has 0 bridgehead atoms. The SMILES string of the molecule is CC1=C(C/C=C(C)/C=C2\C(C(C)(C)C)=C(C)C2CO)C(C)(C)CCC1. The summed E-state index contributed by atoms with van der Waals surface area (Å²) in [6, 6.07) is 0. The van der Waals surface area contributed by atoms with E-state index in [1.165, 1.54) is 41.6 Å². The Labute approximate surface area is 155 Å². The number of hydrogen-bond donors (Lipinski definition) is 1. The van der Waals surface area contributed by atoms with Gasteiger partial charge < -0.3 is 5.11 Å². The Hall–Kier alpha value is -1.08. The number of aliphatic hydroxyl groups excluding tert-OH is 1. The van der Waals surface area contributed by atoms with Crippen LogP contribution in [0.5, 0.6) is 0 Å². The van der Waals surface area contributed by atoms with Crippen LogP contribution in [-0.2, 0) is 0 Å². The molecule has 1 nitrogen and oxygen atoms in total. The van der Waals surface area contributed by atoms with Crippen molar-refractivity contribution < 1.29 is 5.11 Å². The van der Waals surface area contributed by atoms with Crippen LogP contribution in [0.15, 0.2) is 45.6 Å². The maximum atomic E-state index is 9.76. The molecule has 140 valence electrons. The maximum absolute atomic E-state index is 9.76. The summed E-state index contributed by atoms with van der Waals surface area (Å²) in [5.41, 5.74) is 9.17. The molecule has 1 N–H and O–H groups in total. The van der Waals surface area contributed by atoms with Crippen LogP contribution in [0.3, 0.4) is 0 Å². The second kappa shape index (κ2) is 7.27. The minimum Gasteiger partial charge on any atom is -0.395 e. The van der Waals surface area contributed by atoms with Gasteiger partial charge in [-0.2, -0.15) is 0 Å². The van der Waals surface area contributed by atoms with Crippen LogP contribution in [0.2, 0.25) is 0 Å². The van der Waals surface area contributed by atoms with E-state index in [9.17, 15) is 5.11 Å². The first kappa shape index (κ1) is 20.2. The summed E-state index contributed by atoms with van der Waals surface area (Å²) >= 11 is 0. The van der Waals surface area contributed by atoms with Gasteiger partial charge in [0.2, 0.25) is 0 Å². The zero-order valence-corrected chi connectivity index (χ0v) is 17.7. The minimum atomic E-state index is 0.145. The molecule has 0 heterocycles. The molecule has 0 fully saturated rings. The van der Waals surface area contributed by atoms with Gasteiger partial charge in [-0.1, -0.05) is 69.1 Å². The Kier molecular flexibility index (Phi) is 5.88. The van der Waals surface area contributed by atoms with Crippen molar-refractivity contribution in [1.29, 1.82) is 0 Å². The number of hydrogen-bond acceptors (Lipinski definition) is 1. The van der Waals surface area contributed by atoms with E-state index >= 15 is 0 Å². The molecule has 0 aliphatic heterocycles. The molecule has 0 spiro atoms. The van der Waals surface area contributed by atoms with Crippen molar-refractivity contribution in [3.63, 3.8) is 0 Å². The lowest BCUT2D eigenvalue weighted by atomic mass is 9.63. The molecule has 2 rings (SSSR count). The second-order valence-electron chi connectivity index (χ2n) is 9.79. The quantitative estimate of drug-likeness (QED) is 0.559. The van der Waals surface area contributed by atoms with Crippen molar-refractivity contribution >= 4 is 0 Å². The molecule has 0 aromatic rings. The van der Waals surface area contributed by atoms with Crippen molar-refractivity contribution in [3.8, 4) is 0 Å². The van der Waals surface area contributed by atoms with Gasteiger partial charge in [0.1, 0.15) is 0 Å². The van der Waals surface area contributed by atoms with Crippen molar-refractivity contribution in [3.05, 3.63) is 45.6 Å². The first-order valence-corrected chi connectivity index (χ1v) is 9.89. The Morgan fingerprint density at radius 1 is 1.24 bits per heavy atom. The lowest BCUT2D eigenvalue weighted by Gasteiger charge is -2.41. The molecule has 0 saturated heterocycles. The standard InChI is InChI=1S/C24H38O/c1-16(11-12-21-17(2)10-9-13-24(21,7)8)14-19-20(15-25)18(3)22(19)23(4,5)6/h11,14,20,25H,9-10,12-13,15H2,1-8H3/b16-11+,19-14-. The van der Waals surface area contributed by atoms with Crippen molar-refractivity contribution in [2.24, 2.45) is 16.7 Å². The average Bonchev–Trinajstić information content (AvgIpc) is 2.44. The van der Waals surface area contributed by atoms with Crippen LogP contribution >= 0.6 is 0 Å².